The zero-order valence-corrected chi connectivity index (χ0v) is 12.3. The standard InChI is InChI=1S/C15H26N4/c1-3-18-8-4-5-13(11-18)9-14-16-15-7-6-12(2)10-19(15)17-14/h12-13H,3-11H2,1-2H3. The van der Waals surface area contributed by atoms with Gasteiger partial charge in [-0.05, 0) is 44.2 Å². The van der Waals surface area contributed by atoms with E-state index in [1.54, 1.807) is 0 Å². The van der Waals surface area contributed by atoms with E-state index in [2.05, 4.69) is 23.4 Å². The third kappa shape index (κ3) is 2.99. The Labute approximate surface area is 116 Å². The van der Waals surface area contributed by atoms with Gasteiger partial charge < -0.3 is 4.90 Å². The van der Waals surface area contributed by atoms with Crippen molar-refractivity contribution in [3.05, 3.63) is 11.6 Å². The van der Waals surface area contributed by atoms with E-state index in [1.807, 2.05) is 0 Å². The van der Waals surface area contributed by atoms with Gasteiger partial charge in [-0.1, -0.05) is 13.8 Å². The fourth-order valence-corrected chi connectivity index (χ4v) is 3.47. The van der Waals surface area contributed by atoms with Gasteiger partial charge in [-0.15, -0.1) is 0 Å². The Bertz CT molecular complexity index is 426. The highest BCUT2D eigenvalue weighted by atomic mass is 15.4. The molecule has 2 aliphatic rings. The molecule has 1 aromatic rings. The van der Waals surface area contributed by atoms with E-state index in [0.717, 1.165) is 37.0 Å². The van der Waals surface area contributed by atoms with E-state index in [4.69, 9.17) is 10.1 Å². The van der Waals surface area contributed by atoms with Gasteiger partial charge in [0.2, 0.25) is 0 Å². The van der Waals surface area contributed by atoms with E-state index in [1.165, 1.54) is 44.7 Å². The van der Waals surface area contributed by atoms with Crippen LogP contribution in [0.2, 0.25) is 0 Å². The van der Waals surface area contributed by atoms with Gasteiger partial charge >= 0.3 is 0 Å². The minimum Gasteiger partial charge on any atom is -0.303 e. The molecule has 2 atom stereocenters. The summed E-state index contributed by atoms with van der Waals surface area (Å²) in [6, 6.07) is 0. The van der Waals surface area contributed by atoms with Crippen LogP contribution in [0.15, 0.2) is 0 Å². The second-order valence-corrected chi connectivity index (χ2v) is 6.38. The molecular formula is C15H26N4. The van der Waals surface area contributed by atoms with Gasteiger partial charge in [-0.3, -0.25) is 0 Å². The number of nitrogens with zero attached hydrogens (tertiary/aromatic N) is 4. The van der Waals surface area contributed by atoms with Gasteiger partial charge in [0.05, 0.1) is 0 Å². The number of fused-ring (bicyclic) bond motifs is 1. The largest absolute Gasteiger partial charge is 0.303 e. The molecule has 4 heteroatoms. The summed E-state index contributed by atoms with van der Waals surface area (Å²) < 4.78 is 2.16. The quantitative estimate of drug-likeness (QED) is 0.837. The molecule has 0 amide bonds. The summed E-state index contributed by atoms with van der Waals surface area (Å²) in [7, 11) is 0. The zero-order chi connectivity index (χ0) is 13.2. The molecule has 1 fully saturated rings. The fourth-order valence-electron chi connectivity index (χ4n) is 3.47. The van der Waals surface area contributed by atoms with E-state index in [9.17, 15) is 0 Å². The van der Waals surface area contributed by atoms with Crippen LogP contribution in [0.5, 0.6) is 0 Å². The molecule has 0 N–H and O–H groups in total. The Morgan fingerprint density at radius 1 is 1.26 bits per heavy atom. The Morgan fingerprint density at radius 3 is 3.00 bits per heavy atom. The lowest BCUT2D eigenvalue weighted by atomic mass is 9.94. The summed E-state index contributed by atoms with van der Waals surface area (Å²) >= 11 is 0. The molecule has 4 nitrogen and oxygen atoms in total. The van der Waals surface area contributed by atoms with Gasteiger partial charge in [-0.2, -0.15) is 5.10 Å². The van der Waals surface area contributed by atoms with Crippen LogP contribution in [0, 0.1) is 11.8 Å². The zero-order valence-electron chi connectivity index (χ0n) is 12.3. The van der Waals surface area contributed by atoms with Gasteiger partial charge in [0, 0.05) is 25.9 Å². The number of likely N-dealkylation sites (tertiary alicyclic amines) is 1. The first-order chi connectivity index (χ1) is 9.24. The van der Waals surface area contributed by atoms with Gasteiger partial charge in [-0.25, -0.2) is 9.67 Å². The third-order valence-electron chi connectivity index (χ3n) is 4.66. The van der Waals surface area contributed by atoms with Gasteiger partial charge in [0.25, 0.3) is 0 Å². The molecule has 1 aromatic heterocycles. The molecule has 2 aliphatic heterocycles. The predicted octanol–water partition coefficient (Wildman–Crippen LogP) is 2.13. The first-order valence-electron chi connectivity index (χ1n) is 7.89. The van der Waals surface area contributed by atoms with Crippen LogP contribution < -0.4 is 0 Å². The number of hydrogen-bond donors (Lipinski definition) is 0. The van der Waals surface area contributed by atoms with Crippen LogP contribution in [0.4, 0.5) is 0 Å². The molecule has 3 rings (SSSR count). The lowest BCUT2D eigenvalue weighted by Crippen LogP contribution is -2.36. The summed E-state index contributed by atoms with van der Waals surface area (Å²) in [5, 5.41) is 4.73. The molecule has 2 unspecified atom stereocenters. The van der Waals surface area contributed by atoms with Crippen LogP contribution >= 0.6 is 0 Å². The highest BCUT2D eigenvalue weighted by Gasteiger charge is 2.23. The smallest absolute Gasteiger partial charge is 0.151 e. The Balaban J connectivity index is 1.64. The van der Waals surface area contributed by atoms with Crippen molar-refractivity contribution < 1.29 is 0 Å². The molecule has 0 saturated carbocycles. The second kappa shape index (κ2) is 5.61. The topological polar surface area (TPSA) is 34.0 Å². The second-order valence-electron chi connectivity index (χ2n) is 6.38. The first-order valence-corrected chi connectivity index (χ1v) is 7.89. The van der Waals surface area contributed by atoms with Crippen LogP contribution in [-0.2, 0) is 19.4 Å². The van der Waals surface area contributed by atoms with Crippen molar-refractivity contribution in [3.8, 4) is 0 Å². The van der Waals surface area contributed by atoms with E-state index < -0.39 is 0 Å². The van der Waals surface area contributed by atoms with Gasteiger partial charge in [0.1, 0.15) is 5.82 Å². The fraction of sp³-hybridized carbons (Fsp3) is 0.867. The molecule has 0 bridgehead atoms. The van der Waals surface area contributed by atoms with E-state index >= 15 is 0 Å². The molecule has 0 aliphatic carbocycles. The minimum absolute atomic E-state index is 0.757. The molecule has 0 aromatic carbocycles. The first kappa shape index (κ1) is 13.1. The maximum atomic E-state index is 4.76. The minimum atomic E-state index is 0.757. The summed E-state index contributed by atoms with van der Waals surface area (Å²) in [4.78, 5) is 7.33. The Hall–Kier alpha value is -0.900. The molecular weight excluding hydrogens is 236 g/mol. The maximum absolute atomic E-state index is 4.76. The van der Waals surface area contributed by atoms with Crippen LogP contribution in [0.3, 0.4) is 0 Å². The lowest BCUT2D eigenvalue weighted by molar-refractivity contribution is 0.180. The summed E-state index contributed by atoms with van der Waals surface area (Å²) in [6.45, 7) is 9.32. The van der Waals surface area contributed by atoms with Crippen molar-refractivity contribution in [3.63, 3.8) is 0 Å². The van der Waals surface area contributed by atoms with Crippen molar-refractivity contribution in [1.29, 1.82) is 0 Å². The number of aromatic nitrogens is 3. The molecule has 0 spiro atoms. The lowest BCUT2D eigenvalue weighted by Gasteiger charge is -2.31. The molecule has 1 saturated heterocycles. The van der Waals surface area contributed by atoms with Crippen LogP contribution in [-0.4, -0.2) is 39.3 Å². The molecule has 106 valence electrons. The molecule has 3 heterocycles. The number of hydrogen-bond acceptors (Lipinski definition) is 3. The highest BCUT2D eigenvalue weighted by molar-refractivity contribution is 4.98. The van der Waals surface area contributed by atoms with Crippen molar-refractivity contribution >= 4 is 0 Å². The predicted molar refractivity (Wildman–Crippen MR) is 76.0 cm³/mol. The monoisotopic (exact) mass is 262 g/mol. The van der Waals surface area contributed by atoms with E-state index in [0.29, 0.717) is 0 Å². The number of aryl methyl sites for hydroxylation is 1. The SMILES string of the molecule is CCN1CCCC(Cc2nc3n(n2)CC(C)CC3)C1. The average Bonchev–Trinajstić information content (AvgIpc) is 2.80. The summed E-state index contributed by atoms with van der Waals surface area (Å²) in [5.41, 5.74) is 0. The summed E-state index contributed by atoms with van der Waals surface area (Å²) in [6.07, 6.45) is 6.13. The maximum Gasteiger partial charge on any atom is 0.151 e. The Kier molecular flexibility index (Phi) is 3.87. The van der Waals surface area contributed by atoms with Crippen molar-refractivity contribution in [2.75, 3.05) is 19.6 Å². The molecule has 19 heavy (non-hydrogen) atoms. The van der Waals surface area contributed by atoms with Crippen molar-refractivity contribution in [2.45, 2.75) is 52.5 Å². The number of piperidine rings is 1. The highest BCUT2D eigenvalue weighted by Crippen LogP contribution is 2.22. The van der Waals surface area contributed by atoms with Crippen LogP contribution in [0.1, 0.15) is 44.8 Å². The van der Waals surface area contributed by atoms with Crippen LogP contribution in [0.25, 0.3) is 0 Å². The molecule has 0 radical (unpaired) electrons. The number of rotatable bonds is 3. The Morgan fingerprint density at radius 2 is 2.16 bits per heavy atom. The normalized spacial score (nSPS) is 28.3. The average molecular weight is 262 g/mol. The summed E-state index contributed by atoms with van der Waals surface area (Å²) in [5.74, 6) is 3.83. The van der Waals surface area contributed by atoms with Crippen molar-refractivity contribution in [2.24, 2.45) is 11.8 Å². The third-order valence-corrected chi connectivity index (χ3v) is 4.66. The van der Waals surface area contributed by atoms with Gasteiger partial charge in [0.15, 0.2) is 5.82 Å². The van der Waals surface area contributed by atoms with Crippen molar-refractivity contribution in [1.82, 2.24) is 19.7 Å². The van der Waals surface area contributed by atoms with E-state index in [-0.39, 0.29) is 0 Å².